The maximum Gasteiger partial charge on any atom is 0.335 e. The third-order valence-electron chi connectivity index (χ3n) is 4.80. The third kappa shape index (κ3) is 3.80. The summed E-state index contributed by atoms with van der Waals surface area (Å²) < 4.78 is 0. The first-order valence-corrected chi connectivity index (χ1v) is 8.23. The van der Waals surface area contributed by atoms with Crippen molar-refractivity contribution in [2.75, 3.05) is 13.1 Å². The predicted molar refractivity (Wildman–Crippen MR) is 91.8 cm³/mol. The molecule has 1 N–H and O–H groups in total. The molecule has 0 aromatic heterocycles. The normalized spacial score (nSPS) is 16.4. The summed E-state index contributed by atoms with van der Waals surface area (Å²) in [5.41, 5.74) is 4.33. The summed E-state index contributed by atoms with van der Waals surface area (Å²) in [4.78, 5) is 13.5. The number of rotatable bonds is 4. The number of aryl methyl sites for hydroxylation is 1. The van der Waals surface area contributed by atoms with Crippen LogP contribution in [0, 0.1) is 6.92 Å². The second kappa shape index (κ2) is 6.97. The van der Waals surface area contributed by atoms with Gasteiger partial charge in [-0.2, -0.15) is 0 Å². The fraction of sp³-hybridized carbons (Fsp3) is 0.350. The van der Waals surface area contributed by atoms with Crippen LogP contribution in [0.4, 0.5) is 0 Å². The van der Waals surface area contributed by atoms with Gasteiger partial charge in [0.15, 0.2) is 0 Å². The number of piperidine rings is 1. The summed E-state index contributed by atoms with van der Waals surface area (Å²) in [6.45, 7) is 5.16. The molecule has 0 spiro atoms. The maximum atomic E-state index is 11.1. The van der Waals surface area contributed by atoms with Crippen LogP contribution < -0.4 is 0 Å². The molecule has 1 aliphatic rings. The van der Waals surface area contributed by atoms with E-state index in [1.165, 1.54) is 24.0 Å². The molecule has 0 aliphatic carbocycles. The Balaban J connectivity index is 1.60. The van der Waals surface area contributed by atoms with Crippen LogP contribution >= 0.6 is 0 Å². The number of nitrogens with zero attached hydrogens (tertiary/aromatic N) is 1. The molecule has 2 aromatic rings. The van der Waals surface area contributed by atoms with Crippen LogP contribution in [0.1, 0.15) is 45.8 Å². The molecule has 1 aliphatic heterocycles. The topological polar surface area (TPSA) is 40.5 Å². The molecule has 2 aromatic carbocycles. The summed E-state index contributed by atoms with van der Waals surface area (Å²) in [6, 6.07) is 16.0. The summed E-state index contributed by atoms with van der Waals surface area (Å²) in [7, 11) is 0. The smallest absolute Gasteiger partial charge is 0.335 e. The van der Waals surface area contributed by atoms with Crippen molar-refractivity contribution >= 4 is 5.97 Å². The van der Waals surface area contributed by atoms with Gasteiger partial charge in [-0.1, -0.05) is 36.4 Å². The van der Waals surface area contributed by atoms with Crippen molar-refractivity contribution in [1.82, 2.24) is 4.90 Å². The van der Waals surface area contributed by atoms with E-state index in [-0.39, 0.29) is 0 Å². The number of benzene rings is 2. The van der Waals surface area contributed by atoms with Crippen molar-refractivity contribution in [3.63, 3.8) is 0 Å². The van der Waals surface area contributed by atoms with Gasteiger partial charge in [0.2, 0.25) is 0 Å². The largest absolute Gasteiger partial charge is 0.478 e. The SMILES string of the molecule is Cc1ccccc1C1CCN(Cc2cccc(C(=O)O)c2)CC1. The first kappa shape index (κ1) is 15.8. The van der Waals surface area contributed by atoms with Crippen LogP contribution in [-0.2, 0) is 6.54 Å². The Hall–Kier alpha value is -2.13. The highest BCUT2D eigenvalue weighted by Crippen LogP contribution is 2.30. The minimum Gasteiger partial charge on any atom is -0.478 e. The number of hydrogen-bond acceptors (Lipinski definition) is 2. The number of aromatic carboxylic acids is 1. The molecule has 1 heterocycles. The van der Waals surface area contributed by atoms with E-state index in [9.17, 15) is 4.79 Å². The Morgan fingerprint density at radius 2 is 1.87 bits per heavy atom. The van der Waals surface area contributed by atoms with E-state index in [1.807, 2.05) is 12.1 Å². The highest BCUT2D eigenvalue weighted by molar-refractivity contribution is 5.87. The zero-order chi connectivity index (χ0) is 16.2. The molecule has 0 saturated carbocycles. The van der Waals surface area contributed by atoms with Crippen molar-refractivity contribution in [1.29, 1.82) is 0 Å². The second-order valence-electron chi connectivity index (χ2n) is 6.41. The fourth-order valence-corrected chi connectivity index (χ4v) is 3.51. The lowest BCUT2D eigenvalue weighted by Crippen LogP contribution is -2.32. The molecule has 0 bridgehead atoms. The van der Waals surface area contributed by atoms with Gasteiger partial charge in [0, 0.05) is 6.54 Å². The fourth-order valence-electron chi connectivity index (χ4n) is 3.51. The minimum atomic E-state index is -0.856. The lowest BCUT2D eigenvalue weighted by Gasteiger charge is -2.32. The van der Waals surface area contributed by atoms with Gasteiger partial charge in [0.25, 0.3) is 0 Å². The summed E-state index contributed by atoms with van der Waals surface area (Å²) >= 11 is 0. The molecular formula is C20H23NO2. The highest BCUT2D eigenvalue weighted by atomic mass is 16.4. The van der Waals surface area contributed by atoms with Crippen LogP contribution in [-0.4, -0.2) is 29.1 Å². The van der Waals surface area contributed by atoms with Gasteiger partial charge in [0.05, 0.1) is 5.56 Å². The molecule has 1 fully saturated rings. The molecular weight excluding hydrogens is 286 g/mol. The maximum absolute atomic E-state index is 11.1. The molecule has 120 valence electrons. The van der Waals surface area contributed by atoms with E-state index in [0.29, 0.717) is 11.5 Å². The molecule has 3 rings (SSSR count). The Morgan fingerprint density at radius 3 is 2.57 bits per heavy atom. The van der Waals surface area contributed by atoms with Crippen molar-refractivity contribution in [3.05, 3.63) is 70.8 Å². The van der Waals surface area contributed by atoms with E-state index in [4.69, 9.17) is 5.11 Å². The standard InChI is InChI=1S/C20H23NO2/c1-15-5-2-3-8-19(15)17-9-11-21(12-10-17)14-16-6-4-7-18(13-16)20(22)23/h2-8,13,17H,9-12,14H2,1H3,(H,22,23). The van der Waals surface area contributed by atoms with E-state index in [0.717, 1.165) is 25.2 Å². The van der Waals surface area contributed by atoms with Gasteiger partial charge in [-0.3, -0.25) is 4.90 Å². The molecule has 3 nitrogen and oxygen atoms in total. The lowest BCUT2D eigenvalue weighted by molar-refractivity contribution is 0.0696. The Bertz CT molecular complexity index is 688. The van der Waals surface area contributed by atoms with E-state index < -0.39 is 5.97 Å². The molecule has 0 amide bonds. The van der Waals surface area contributed by atoms with Crippen molar-refractivity contribution in [2.24, 2.45) is 0 Å². The van der Waals surface area contributed by atoms with Crippen LogP contribution in [0.5, 0.6) is 0 Å². The second-order valence-corrected chi connectivity index (χ2v) is 6.41. The number of carboxylic acid groups (broad SMARTS) is 1. The zero-order valence-electron chi connectivity index (χ0n) is 13.5. The van der Waals surface area contributed by atoms with E-state index >= 15 is 0 Å². The lowest BCUT2D eigenvalue weighted by atomic mass is 9.87. The molecule has 3 heteroatoms. The van der Waals surface area contributed by atoms with Gasteiger partial charge in [0.1, 0.15) is 0 Å². The van der Waals surface area contributed by atoms with Crippen LogP contribution in [0.3, 0.4) is 0 Å². The predicted octanol–water partition coefficient (Wildman–Crippen LogP) is 4.07. The van der Waals surface area contributed by atoms with Crippen LogP contribution in [0.25, 0.3) is 0 Å². The number of carboxylic acids is 1. The van der Waals surface area contributed by atoms with Crippen molar-refractivity contribution in [2.45, 2.75) is 32.2 Å². The molecule has 23 heavy (non-hydrogen) atoms. The Labute approximate surface area is 137 Å². The zero-order valence-corrected chi connectivity index (χ0v) is 13.5. The van der Waals surface area contributed by atoms with Gasteiger partial charge < -0.3 is 5.11 Å². The Kier molecular flexibility index (Phi) is 4.77. The molecule has 0 unspecified atom stereocenters. The van der Waals surface area contributed by atoms with Crippen molar-refractivity contribution in [3.8, 4) is 0 Å². The summed E-state index contributed by atoms with van der Waals surface area (Å²) in [5.74, 6) is -0.206. The average Bonchev–Trinajstić information content (AvgIpc) is 2.56. The van der Waals surface area contributed by atoms with Crippen LogP contribution in [0.15, 0.2) is 48.5 Å². The minimum absolute atomic E-state index is 0.372. The third-order valence-corrected chi connectivity index (χ3v) is 4.80. The number of carbonyl (C=O) groups is 1. The quantitative estimate of drug-likeness (QED) is 0.925. The number of likely N-dealkylation sites (tertiary alicyclic amines) is 1. The highest BCUT2D eigenvalue weighted by Gasteiger charge is 2.21. The molecule has 1 saturated heterocycles. The summed E-state index contributed by atoms with van der Waals surface area (Å²) in [5, 5.41) is 9.09. The first-order valence-electron chi connectivity index (χ1n) is 8.23. The number of hydrogen-bond donors (Lipinski definition) is 1. The van der Waals surface area contributed by atoms with Gasteiger partial charge in [-0.15, -0.1) is 0 Å². The summed E-state index contributed by atoms with van der Waals surface area (Å²) in [6.07, 6.45) is 2.34. The van der Waals surface area contributed by atoms with Crippen molar-refractivity contribution < 1.29 is 9.90 Å². The van der Waals surface area contributed by atoms with E-state index in [1.54, 1.807) is 12.1 Å². The van der Waals surface area contributed by atoms with Gasteiger partial charge >= 0.3 is 5.97 Å². The van der Waals surface area contributed by atoms with Gasteiger partial charge in [-0.05, 0) is 67.6 Å². The molecule has 0 atom stereocenters. The average molecular weight is 309 g/mol. The monoisotopic (exact) mass is 309 g/mol. The molecule has 0 radical (unpaired) electrons. The Morgan fingerprint density at radius 1 is 1.13 bits per heavy atom. The first-order chi connectivity index (χ1) is 11.1. The van der Waals surface area contributed by atoms with Crippen LogP contribution in [0.2, 0.25) is 0 Å². The van der Waals surface area contributed by atoms with E-state index in [2.05, 4.69) is 36.1 Å². The van der Waals surface area contributed by atoms with Gasteiger partial charge in [-0.25, -0.2) is 4.79 Å².